The number of anilines is 2. The molecule has 0 unspecified atom stereocenters. The van der Waals surface area contributed by atoms with Gasteiger partial charge in [0.25, 0.3) is 5.91 Å². The summed E-state index contributed by atoms with van der Waals surface area (Å²) in [5.41, 5.74) is 3.08. The quantitative estimate of drug-likeness (QED) is 0.275. The molecule has 0 bridgehead atoms. The van der Waals surface area contributed by atoms with Gasteiger partial charge in [-0.15, -0.1) is 0 Å². The molecule has 1 saturated heterocycles. The van der Waals surface area contributed by atoms with E-state index < -0.39 is 12.1 Å². The number of aliphatic hydroxyl groups excluding tert-OH is 1. The average Bonchev–Trinajstić information content (AvgIpc) is 3.33. The Morgan fingerprint density at radius 2 is 1.90 bits per heavy atom. The molecule has 39 heavy (non-hydrogen) atoms. The fraction of sp³-hybridized carbons (Fsp3) is 0.562. The minimum atomic E-state index is -0.727. The highest BCUT2D eigenvalue weighted by Gasteiger charge is 2.29. The molecule has 7 nitrogen and oxygen atoms in total. The van der Waals surface area contributed by atoms with E-state index >= 15 is 0 Å². The number of amides is 2. The number of aliphatic hydroxyl groups is 1. The van der Waals surface area contributed by atoms with Gasteiger partial charge in [0.15, 0.2) is 0 Å². The molecule has 5 N–H and O–H groups in total. The predicted octanol–water partition coefficient (Wildman–Crippen LogP) is 4.12. The zero-order valence-electron chi connectivity index (χ0n) is 24.5. The average molecular weight is 538 g/mol. The molecule has 2 atom stereocenters. The van der Waals surface area contributed by atoms with Gasteiger partial charge in [-0.3, -0.25) is 9.59 Å². The van der Waals surface area contributed by atoms with Gasteiger partial charge in [0.05, 0.1) is 11.6 Å². The first-order valence-corrected chi connectivity index (χ1v) is 14.6. The van der Waals surface area contributed by atoms with Gasteiger partial charge in [-0.2, -0.15) is 0 Å². The second-order valence-corrected chi connectivity index (χ2v) is 12.0. The first-order chi connectivity index (χ1) is 18.6. The summed E-state index contributed by atoms with van der Waals surface area (Å²) in [5, 5.41) is 20.0. The Labute approximate surface area is 234 Å². The molecule has 0 spiro atoms. The topological polar surface area (TPSA) is 98.3 Å². The van der Waals surface area contributed by atoms with Crippen molar-refractivity contribution in [3.8, 4) is 0 Å². The largest absolute Gasteiger partial charge is 0.385 e. The zero-order valence-corrected chi connectivity index (χ0v) is 24.5. The van der Waals surface area contributed by atoms with Crippen LogP contribution in [0.4, 0.5) is 11.4 Å². The number of carbonyl (C=O) groups excluding carboxylic acids is 2. The minimum Gasteiger partial charge on any atom is -0.385 e. The number of hydrogen-bond donors (Lipinski definition) is 4. The van der Waals surface area contributed by atoms with Crippen molar-refractivity contribution in [2.45, 2.75) is 90.8 Å². The number of rotatable bonds is 15. The van der Waals surface area contributed by atoms with Crippen LogP contribution in [0, 0.1) is 5.92 Å². The Bertz CT molecular complexity index is 1070. The Hall–Kier alpha value is -2.90. The highest BCUT2D eigenvalue weighted by molar-refractivity contribution is 6.00. The molecule has 2 aromatic carbocycles. The van der Waals surface area contributed by atoms with Crippen LogP contribution >= 0.6 is 0 Å². The molecule has 1 aliphatic heterocycles. The smallest absolute Gasteiger partial charge is 0.251 e. The Balaban J connectivity index is 1.77. The summed E-state index contributed by atoms with van der Waals surface area (Å²) in [6.45, 7) is 12.8. The highest BCUT2D eigenvalue weighted by Crippen LogP contribution is 2.27. The van der Waals surface area contributed by atoms with Crippen LogP contribution in [0.15, 0.2) is 48.5 Å². The lowest BCUT2D eigenvalue weighted by Gasteiger charge is -2.28. The first kappa shape index (κ1) is 30.6. The zero-order chi connectivity index (χ0) is 28.4. The lowest BCUT2D eigenvalue weighted by Crippen LogP contribution is -2.97. The van der Waals surface area contributed by atoms with Gasteiger partial charge in [0.2, 0.25) is 5.91 Å². The van der Waals surface area contributed by atoms with Gasteiger partial charge >= 0.3 is 0 Å². The summed E-state index contributed by atoms with van der Waals surface area (Å²) in [5.74, 6) is 0.518. The Morgan fingerprint density at radius 3 is 2.54 bits per heavy atom. The predicted molar refractivity (Wildman–Crippen MR) is 159 cm³/mol. The first-order valence-electron chi connectivity index (χ1n) is 14.6. The summed E-state index contributed by atoms with van der Waals surface area (Å²) in [6, 6.07) is 15.0. The van der Waals surface area contributed by atoms with Gasteiger partial charge in [0.1, 0.15) is 12.6 Å². The molecule has 1 aliphatic rings. The standard InChI is InChI=1S/C32H48N4O3/c1-6-33-26-19-25(20-27(21-26)36-17-11-15-30(36)38)31(39)35-28(18-24-13-8-7-9-14-24)29(37)22-34-32(4,5)16-10-12-23(2)3/h7-9,13-14,19-21,23,28-29,33-34,37H,6,10-12,15-18,22H2,1-5H3,(H,35,39)/p+1/t28-,29+/m0/s1. The van der Waals surface area contributed by atoms with Crippen molar-refractivity contribution in [2.75, 3.05) is 29.9 Å². The number of benzene rings is 2. The molecule has 214 valence electrons. The van der Waals surface area contributed by atoms with Crippen LogP contribution in [0.2, 0.25) is 0 Å². The monoisotopic (exact) mass is 537 g/mol. The number of nitrogens with zero attached hydrogens (tertiary/aromatic N) is 1. The Kier molecular flexibility index (Phi) is 11.4. The van der Waals surface area contributed by atoms with Gasteiger partial charge < -0.3 is 26.0 Å². The molecule has 0 saturated carbocycles. The summed E-state index contributed by atoms with van der Waals surface area (Å²) in [7, 11) is 0. The van der Waals surface area contributed by atoms with Crippen LogP contribution < -0.4 is 20.9 Å². The van der Waals surface area contributed by atoms with Crippen LogP contribution in [0.1, 0.15) is 82.6 Å². The van der Waals surface area contributed by atoms with Crippen molar-refractivity contribution in [1.29, 1.82) is 0 Å². The molecule has 7 heteroatoms. The molecular weight excluding hydrogens is 488 g/mol. The van der Waals surface area contributed by atoms with E-state index in [-0.39, 0.29) is 17.4 Å². The maximum absolute atomic E-state index is 13.6. The second kappa shape index (κ2) is 14.5. The normalized spacial score (nSPS) is 15.5. The van der Waals surface area contributed by atoms with Crippen LogP contribution in [-0.4, -0.2) is 54.2 Å². The van der Waals surface area contributed by atoms with Gasteiger partial charge in [-0.05, 0) is 69.7 Å². The molecule has 2 aromatic rings. The third-order valence-electron chi connectivity index (χ3n) is 7.54. The SMILES string of the molecule is CCNc1cc(C(=O)N[C@@H](Cc2ccccc2)[C@H](O)C[NH2+]C(C)(C)CCCC(C)C)cc(N2CCCC2=O)c1. The van der Waals surface area contributed by atoms with Crippen LogP contribution in [0.5, 0.6) is 0 Å². The molecule has 3 rings (SSSR count). The van der Waals surface area contributed by atoms with E-state index in [4.69, 9.17) is 0 Å². The maximum Gasteiger partial charge on any atom is 0.251 e. The minimum absolute atomic E-state index is 0.00843. The number of quaternary nitrogens is 1. The van der Waals surface area contributed by atoms with E-state index in [2.05, 4.69) is 43.6 Å². The number of hydrogen-bond acceptors (Lipinski definition) is 4. The fourth-order valence-electron chi connectivity index (χ4n) is 5.20. The highest BCUT2D eigenvalue weighted by atomic mass is 16.3. The maximum atomic E-state index is 13.6. The molecule has 0 radical (unpaired) electrons. The Morgan fingerprint density at radius 1 is 1.15 bits per heavy atom. The van der Waals surface area contributed by atoms with E-state index in [9.17, 15) is 14.7 Å². The summed E-state index contributed by atoms with van der Waals surface area (Å²) in [4.78, 5) is 27.8. The van der Waals surface area contributed by atoms with Gasteiger partial charge in [0, 0.05) is 42.9 Å². The van der Waals surface area contributed by atoms with E-state index in [1.54, 1.807) is 11.0 Å². The van der Waals surface area contributed by atoms with Gasteiger partial charge in [-0.25, -0.2) is 0 Å². The molecule has 0 aromatic heterocycles. The number of carbonyl (C=O) groups is 2. The second-order valence-electron chi connectivity index (χ2n) is 12.0. The van der Waals surface area contributed by atoms with E-state index in [1.165, 1.54) is 6.42 Å². The third kappa shape index (κ3) is 9.66. The van der Waals surface area contributed by atoms with Crippen LogP contribution in [0.25, 0.3) is 0 Å². The molecular formula is C32H49N4O3+. The molecule has 1 heterocycles. The lowest BCUT2D eigenvalue weighted by molar-refractivity contribution is -0.726. The van der Waals surface area contributed by atoms with E-state index in [1.807, 2.05) is 49.4 Å². The number of nitrogens with one attached hydrogen (secondary N) is 2. The number of nitrogens with two attached hydrogens (primary N) is 1. The van der Waals surface area contributed by atoms with Crippen molar-refractivity contribution in [2.24, 2.45) is 5.92 Å². The molecule has 0 aliphatic carbocycles. The third-order valence-corrected chi connectivity index (χ3v) is 7.54. The van der Waals surface area contributed by atoms with E-state index in [0.29, 0.717) is 44.0 Å². The van der Waals surface area contributed by atoms with Crippen LogP contribution in [0.3, 0.4) is 0 Å². The summed E-state index contributed by atoms with van der Waals surface area (Å²) in [6.07, 6.45) is 4.58. The molecule has 2 amide bonds. The van der Waals surface area contributed by atoms with Crippen molar-refractivity contribution in [3.05, 3.63) is 59.7 Å². The van der Waals surface area contributed by atoms with Crippen molar-refractivity contribution in [3.63, 3.8) is 0 Å². The van der Waals surface area contributed by atoms with Crippen LogP contribution in [-0.2, 0) is 11.2 Å². The summed E-state index contributed by atoms with van der Waals surface area (Å²) < 4.78 is 0. The fourth-order valence-corrected chi connectivity index (χ4v) is 5.20. The van der Waals surface area contributed by atoms with Crippen molar-refractivity contribution >= 4 is 23.2 Å². The van der Waals surface area contributed by atoms with E-state index in [0.717, 1.165) is 36.2 Å². The lowest BCUT2D eigenvalue weighted by atomic mass is 9.93. The molecule has 1 fully saturated rings. The van der Waals surface area contributed by atoms with Crippen molar-refractivity contribution in [1.82, 2.24) is 5.32 Å². The van der Waals surface area contributed by atoms with Crippen molar-refractivity contribution < 1.29 is 20.0 Å². The van der Waals surface area contributed by atoms with Gasteiger partial charge in [-0.1, -0.05) is 50.6 Å². The summed E-state index contributed by atoms with van der Waals surface area (Å²) >= 11 is 0.